The van der Waals surface area contributed by atoms with Crippen LogP contribution in [0.2, 0.25) is 0 Å². The Hall–Kier alpha value is -1.33. The summed E-state index contributed by atoms with van der Waals surface area (Å²) < 4.78 is 12.3. The van der Waals surface area contributed by atoms with E-state index in [1.165, 1.54) is 5.56 Å². The quantitative estimate of drug-likeness (QED) is 0.782. The molecule has 1 aromatic rings. The van der Waals surface area contributed by atoms with E-state index in [1.807, 2.05) is 0 Å². The number of rotatable bonds is 3. The molecule has 26 heavy (non-hydrogen) atoms. The van der Waals surface area contributed by atoms with E-state index in [9.17, 15) is 4.79 Å². The summed E-state index contributed by atoms with van der Waals surface area (Å²) in [5, 5.41) is 0. The smallest absolute Gasteiger partial charge is 0.399 e. The summed E-state index contributed by atoms with van der Waals surface area (Å²) in [7, 11) is -0.299. The van der Waals surface area contributed by atoms with E-state index in [0.29, 0.717) is 17.7 Å². The lowest BCUT2D eigenvalue weighted by Gasteiger charge is -2.32. The molecule has 3 fully saturated rings. The van der Waals surface area contributed by atoms with E-state index in [2.05, 4.69) is 56.9 Å². The van der Waals surface area contributed by atoms with Crippen LogP contribution < -0.4 is 5.46 Å². The van der Waals surface area contributed by atoms with Crippen molar-refractivity contribution in [3.8, 4) is 0 Å². The van der Waals surface area contributed by atoms with Crippen LogP contribution in [0.3, 0.4) is 0 Å². The number of nitrogens with zero attached hydrogens (tertiary/aromatic N) is 1. The van der Waals surface area contributed by atoms with E-state index in [0.717, 1.165) is 44.2 Å². The Morgan fingerprint density at radius 3 is 2.00 bits per heavy atom. The van der Waals surface area contributed by atoms with Crippen molar-refractivity contribution >= 4 is 18.5 Å². The second-order valence-electron chi connectivity index (χ2n) is 9.13. The van der Waals surface area contributed by atoms with E-state index in [-0.39, 0.29) is 18.3 Å². The molecule has 1 aliphatic carbocycles. The molecule has 2 saturated heterocycles. The molecule has 0 radical (unpaired) electrons. The van der Waals surface area contributed by atoms with Crippen molar-refractivity contribution in [2.24, 2.45) is 5.92 Å². The van der Waals surface area contributed by atoms with Crippen LogP contribution in [0.1, 0.15) is 64.9 Å². The third kappa shape index (κ3) is 3.32. The summed E-state index contributed by atoms with van der Waals surface area (Å²) in [6.07, 6.45) is 4.32. The van der Waals surface area contributed by atoms with Crippen molar-refractivity contribution in [1.29, 1.82) is 0 Å². The van der Waals surface area contributed by atoms with Crippen LogP contribution in [0.15, 0.2) is 24.3 Å². The van der Waals surface area contributed by atoms with E-state index >= 15 is 0 Å². The van der Waals surface area contributed by atoms with Gasteiger partial charge in [0, 0.05) is 19.0 Å². The molecule has 4 nitrogen and oxygen atoms in total. The predicted molar refractivity (Wildman–Crippen MR) is 103 cm³/mol. The second kappa shape index (κ2) is 6.38. The van der Waals surface area contributed by atoms with Crippen molar-refractivity contribution in [3.63, 3.8) is 0 Å². The van der Waals surface area contributed by atoms with Crippen LogP contribution in [0.5, 0.6) is 0 Å². The normalized spacial score (nSPS) is 25.5. The molecule has 0 unspecified atom stereocenters. The van der Waals surface area contributed by atoms with Crippen LogP contribution in [0.4, 0.5) is 0 Å². The molecular weight excluding hydrogens is 325 g/mol. The zero-order valence-corrected chi connectivity index (χ0v) is 16.5. The summed E-state index contributed by atoms with van der Waals surface area (Å²) in [4.78, 5) is 14.3. The third-order valence-corrected chi connectivity index (χ3v) is 6.67. The van der Waals surface area contributed by atoms with Gasteiger partial charge in [-0.15, -0.1) is 0 Å². The maximum absolute atomic E-state index is 12.2. The van der Waals surface area contributed by atoms with Gasteiger partial charge in [0.15, 0.2) is 0 Å². The minimum absolute atomic E-state index is 0.299. The third-order valence-electron chi connectivity index (χ3n) is 6.67. The first-order chi connectivity index (χ1) is 12.3. The Labute approximate surface area is 157 Å². The molecular formula is C21H30BNO3. The minimum Gasteiger partial charge on any atom is -0.399 e. The number of likely N-dealkylation sites (tertiary alicyclic amines) is 1. The Morgan fingerprint density at radius 2 is 1.50 bits per heavy atom. The van der Waals surface area contributed by atoms with Crippen LogP contribution in [0.25, 0.3) is 0 Å². The van der Waals surface area contributed by atoms with Crippen molar-refractivity contribution in [3.05, 3.63) is 29.8 Å². The van der Waals surface area contributed by atoms with Crippen LogP contribution in [0, 0.1) is 5.92 Å². The fraction of sp³-hybridized carbons (Fsp3) is 0.667. The average Bonchev–Trinajstić information content (AvgIpc) is 3.42. The first-order valence-corrected chi connectivity index (χ1v) is 10.0. The molecule has 2 heterocycles. The van der Waals surface area contributed by atoms with Gasteiger partial charge in [-0.3, -0.25) is 4.79 Å². The summed E-state index contributed by atoms with van der Waals surface area (Å²) >= 11 is 0. The van der Waals surface area contributed by atoms with Gasteiger partial charge in [-0.25, -0.2) is 0 Å². The van der Waals surface area contributed by atoms with Crippen molar-refractivity contribution < 1.29 is 14.1 Å². The van der Waals surface area contributed by atoms with E-state index < -0.39 is 0 Å². The van der Waals surface area contributed by atoms with Gasteiger partial charge < -0.3 is 14.2 Å². The minimum atomic E-state index is -0.308. The molecule has 0 aromatic heterocycles. The number of hydrogen-bond donors (Lipinski definition) is 0. The molecule has 4 rings (SSSR count). The van der Waals surface area contributed by atoms with E-state index in [1.54, 1.807) is 0 Å². The number of hydrogen-bond acceptors (Lipinski definition) is 3. The molecule has 0 spiro atoms. The Kier molecular flexibility index (Phi) is 4.43. The lowest BCUT2D eigenvalue weighted by Crippen LogP contribution is -2.41. The number of carbonyl (C=O) groups is 1. The topological polar surface area (TPSA) is 38.8 Å². The van der Waals surface area contributed by atoms with Crippen LogP contribution in [-0.2, 0) is 14.1 Å². The van der Waals surface area contributed by atoms with Crippen LogP contribution >= 0.6 is 0 Å². The number of piperidine rings is 1. The molecule has 140 valence electrons. The number of carbonyl (C=O) groups excluding carboxylic acids is 1. The lowest BCUT2D eigenvalue weighted by molar-refractivity contribution is -0.133. The first kappa shape index (κ1) is 18.1. The zero-order chi connectivity index (χ0) is 18.5. The maximum Gasteiger partial charge on any atom is 0.494 e. The van der Waals surface area contributed by atoms with Crippen molar-refractivity contribution in [2.75, 3.05) is 13.1 Å². The largest absolute Gasteiger partial charge is 0.494 e. The molecule has 0 bridgehead atoms. The van der Waals surface area contributed by atoms with Gasteiger partial charge in [-0.1, -0.05) is 24.3 Å². The maximum atomic E-state index is 12.2. The van der Waals surface area contributed by atoms with Crippen molar-refractivity contribution in [1.82, 2.24) is 4.90 Å². The van der Waals surface area contributed by atoms with Gasteiger partial charge in [-0.05, 0) is 70.3 Å². The standard InChI is InChI=1S/C21H30BNO3/c1-20(2)21(3,4)26-22(25-20)18-9-7-15(8-10-18)16-11-13-23(14-12-16)19(24)17-5-6-17/h7-10,16-17H,5-6,11-14H2,1-4H3. The molecule has 0 atom stereocenters. The van der Waals surface area contributed by atoms with Gasteiger partial charge in [-0.2, -0.15) is 0 Å². The number of benzene rings is 1. The average molecular weight is 355 g/mol. The van der Waals surface area contributed by atoms with Gasteiger partial charge >= 0.3 is 7.12 Å². The fourth-order valence-electron chi connectivity index (χ4n) is 3.93. The first-order valence-electron chi connectivity index (χ1n) is 10.0. The highest BCUT2D eigenvalue weighted by atomic mass is 16.7. The second-order valence-corrected chi connectivity index (χ2v) is 9.13. The highest BCUT2D eigenvalue weighted by Crippen LogP contribution is 2.37. The molecule has 5 heteroatoms. The zero-order valence-electron chi connectivity index (χ0n) is 16.5. The molecule has 3 aliphatic rings. The summed E-state index contributed by atoms with van der Waals surface area (Å²) in [5.41, 5.74) is 1.83. The van der Waals surface area contributed by atoms with Gasteiger partial charge in [0.2, 0.25) is 5.91 Å². The summed E-state index contributed by atoms with van der Waals surface area (Å²) in [6.45, 7) is 10.1. The molecule has 2 aliphatic heterocycles. The van der Waals surface area contributed by atoms with Gasteiger partial charge in [0.25, 0.3) is 0 Å². The van der Waals surface area contributed by atoms with Gasteiger partial charge in [0.05, 0.1) is 11.2 Å². The fourth-order valence-corrected chi connectivity index (χ4v) is 3.93. The van der Waals surface area contributed by atoms with Crippen molar-refractivity contribution in [2.45, 2.75) is 70.5 Å². The highest BCUT2D eigenvalue weighted by Gasteiger charge is 2.51. The SMILES string of the molecule is CC1(C)OB(c2ccc(C3CCN(C(=O)C4CC4)CC3)cc2)OC1(C)C. The molecule has 1 saturated carbocycles. The lowest BCUT2D eigenvalue weighted by atomic mass is 9.77. The summed E-state index contributed by atoms with van der Waals surface area (Å²) in [6, 6.07) is 8.70. The molecule has 1 amide bonds. The Bertz CT molecular complexity index is 657. The Morgan fingerprint density at radius 1 is 0.962 bits per heavy atom. The van der Waals surface area contributed by atoms with Gasteiger partial charge in [0.1, 0.15) is 0 Å². The Balaban J connectivity index is 1.37. The van der Waals surface area contributed by atoms with E-state index in [4.69, 9.17) is 9.31 Å². The molecule has 0 N–H and O–H groups in total. The van der Waals surface area contributed by atoms with Crippen LogP contribution in [-0.4, -0.2) is 42.2 Å². The highest BCUT2D eigenvalue weighted by molar-refractivity contribution is 6.62. The summed E-state index contributed by atoms with van der Waals surface area (Å²) in [5.74, 6) is 1.27. The monoisotopic (exact) mass is 355 g/mol. The predicted octanol–water partition coefficient (Wildman–Crippen LogP) is 3.10. The molecule has 1 aromatic carbocycles. The number of amides is 1.